The van der Waals surface area contributed by atoms with Crippen LogP contribution in [0.15, 0.2) is 0 Å². The first kappa shape index (κ1) is 8.88. The Kier molecular flexibility index (Phi) is 1.81. The van der Waals surface area contributed by atoms with Gasteiger partial charge in [-0.25, -0.2) is 4.68 Å². The Balaban J connectivity index is 1.87. The second-order valence-corrected chi connectivity index (χ2v) is 4.43. The maximum atomic E-state index is 10.7. The van der Waals surface area contributed by atoms with Crippen LogP contribution in [0.25, 0.3) is 0 Å². The summed E-state index contributed by atoms with van der Waals surface area (Å²) in [5, 5.41) is 17.0. The molecule has 0 saturated heterocycles. The van der Waals surface area contributed by atoms with Crippen molar-refractivity contribution in [1.29, 1.82) is 0 Å². The topological polar surface area (TPSA) is 68.0 Å². The second-order valence-electron chi connectivity index (χ2n) is 4.43. The van der Waals surface area contributed by atoms with Crippen LogP contribution in [0.3, 0.4) is 0 Å². The normalized spacial score (nSPS) is 24.1. The first-order chi connectivity index (χ1) is 7.25. The zero-order valence-corrected chi connectivity index (χ0v) is 8.39. The number of nitrogens with zero attached hydrogens (tertiary/aromatic N) is 3. The van der Waals surface area contributed by atoms with Gasteiger partial charge in [0, 0.05) is 5.92 Å². The monoisotopic (exact) mass is 207 g/mol. The lowest BCUT2D eigenvalue weighted by molar-refractivity contribution is -0.137. The van der Waals surface area contributed by atoms with E-state index in [1.807, 2.05) is 4.68 Å². The van der Waals surface area contributed by atoms with Gasteiger partial charge in [0.2, 0.25) is 0 Å². The molecule has 2 aliphatic rings. The molecule has 1 saturated carbocycles. The summed E-state index contributed by atoms with van der Waals surface area (Å²) in [6, 6.07) is 0.546. The van der Waals surface area contributed by atoms with E-state index in [4.69, 9.17) is 5.11 Å². The summed E-state index contributed by atoms with van der Waals surface area (Å²) < 4.78 is 2.01. The van der Waals surface area contributed by atoms with Crippen LogP contribution in [0.1, 0.15) is 49.0 Å². The summed E-state index contributed by atoms with van der Waals surface area (Å²) in [5.74, 6) is -0.654. The van der Waals surface area contributed by atoms with Crippen molar-refractivity contribution < 1.29 is 9.90 Å². The minimum atomic E-state index is -0.742. The standard InChI is InChI=1S/C10H13N3O2/c14-9(15)5-6-1-4-8-10(6)11-12-13(8)7-2-3-7/h6-7H,1-5H2,(H,14,15). The van der Waals surface area contributed by atoms with E-state index < -0.39 is 5.97 Å². The van der Waals surface area contributed by atoms with Crippen molar-refractivity contribution in [3.05, 3.63) is 11.4 Å². The Morgan fingerprint density at radius 3 is 2.93 bits per heavy atom. The molecule has 1 heterocycles. The highest BCUT2D eigenvalue weighted by Gasteiger charge is 2.35. The molecule has 80 valence electrons. The Labute approximate surface area is 87.1 Å². The summed E-state index contributed by atoms with van der Waals surface area (Å²) in [6.07, 6.45) is 4.44. The molecular weight excluding hydrogens is 194 g/mol. The lowest BCUT2D eigenvalue weighted by Gasteiger charge is -2.02. The summed E-state index contributed by atoms with van der Waals surface area (Å²) >= 11 is 0. The number of aromatic nitrogens is 3. The van der Waals surface area contributed by atoms with Crippen molar-refractivity contribution in [2.24, 2.45) is 0 Å². The van der Waals surface area contributed by atoms with Gasteiger partial charge in [-0.2, -0.15) is 0 Å². The Morgan fingerprint density at radius 2 is 2.27 bits per heavy atom. The van der Waals surface area contributed by atoms with Crippen LogP contribution in [-0.4, -0.2) is 26.1 Å². The van der Waals surface area contributed by atoms with Gasteiger partial charge in [-0.1, -0.05) is 5.21 Å². The molecule has 1 aromatic rings. The molecule has 1 atom stereocenters. The molecule has 0 bridgehead atoms. The Morgan fingerprint density at radius 1 is 1.47 bits per heavy atom. The number of rotatable bonds is 3. The molecule has 1 N–H and O–H groups in total. The number of carbonyl (C=O) groups is 1. The summed E-state index contributed by atoms with van der Waals surface area (Å²) in [6.45, 7) is 0. The maximum absolute atomic E-state index is 10.7. The van der Waals surface area contributed by atoms with Gasteiger partial charge < -0.3 is 5.11 Å². The minimum Gasteiger partial charge on any atom is -0.481 e. The first-order valence-corrected chi connectivity index (χ1v) is 5.41. The Hall–Kier alpha value is -1.39. The van der Waals surface area contributed by atoms with E-state index in [1.54, 1.807) is 0 Å². The number of aliphatic carboxylic acids is 1. The molecule has 5 nitrogen and oxygen atoms in total. The summed E-state index contributed by atoms with van der Waals surface area (Å²) in [4.78, 5) is 10.7. The predicted molar refractivity (Wildman–Crippen MR) is 51.6 cm³/mol. The van der Waals surface area contributed by atoms with Crippen molar-refractivity contribution in [1.82, 2.24) is 15.0 Å². The highest BCUT2D eigenvalue weighted by atomic mass is 16.4. The van der Waals surface area contributed by atoms with E-state index in [0.29, 0.717) is 6.04 Å². The van der Waals surface area contributed by atoms with E-state index in [-0.39, 0.29) is 12.3 Å². The lowest BCUT2D eigenvalue weighted by Crippen LogP contribution is -2.03. The van der Waals surface area contributed by atoms with Gasteiger partial charge in [-0.05, 0) is 25.7 Å². The van der Waals surface area contributed by atoms with Gasteiger partial charge in [0.15, 0.2) is 0 Å². The molecule has 2 aliphatic carbocycles. The van der Waals surface area contributed by atoms with E-state index in [1.165, 1.54) is 18.5 Å². The highest BCUT2D eigenvalue weighted by molar-refractivity contribution is 5.68. The van der Waals surface area contributed by atoms with Crippen molar-refractivity contribution in [3.63, 3.8) is 0 Å². The molecule has 15 heavy (non-hydrogen) atoms. The zero-order valence-electron chi connectivity index (χ0n) is 8.39. The number of carboxylic acid groups (broad SMARTS) is 1. The van der Waals surface area contributed by atoms with Gasteiger partial charge in [-0.3, -0.25) is 4.79 Å². The van der Waals surface area contributed by atoms with Crippen LogP contribution in [0.5, 0.6) is 0 Å². The van der Waals surface area contributed by atoms with Gasteiger partial charge in [-0.15, -0.1) is 5.10 Å². The third-order valence-electron chi connectivity index (χ3n) is 3.25. The average Bonchev–Trinajstić information content (AvgIpc) is 2.81. The smallest absolute Gasteiger partial charge is 0.304 e. The first-order valence-electron chi connectivity index (χ1n) is 5.41. The molecule has 3 rings (SSSR count). The van der Waals surface area contributed by atoms with Gasteiger partial charge in [0.1, 0.15) is 0 Å². The fraction of sp³-hybridized carbons (Fsp3) is 0.700. The molecule has 0 radical (unpaired) electrons. The third-order valence-corrected chi connectivity index (χ3v) is 3.25. The fourth-order valence-corrected chi connectivity index (χ4v) is 2.36. The van der Waals surface area contributed by atoms with Crippen LogP contribution in [0.2, 0.25) is 0 Å². The number of hydrogen-bond donors (Lipinski definition) is 1. The molecular formula is C10H13N3O2. The van der Waals surface area contributed by atoms with Crippen molar-refractivity contribution in [2.75, 3.05) is 0 Å². The number of fused-ring (bicyclic) bond motifs is 1. The molecule has 1 fully saturated rings. The van der Waals surface area contributed by atoms with Crippen LogP contribution >= 0.6 is 0 Å². The van der Waals surface area contributed by atoms with Gasteiger partial charge in [0.25, 0.3) is 0 Å². The van der Waals surface area contributed by atoms with Crippen molar-refractivity contribution in [2.45, 2.75) is 44.1 Å². The largest absolute Gasteiger partial charge is 0.481 e. The molecule has 0 aliphatic heterocycles. The Bertz CT molecular complexity index is 409. The van der Waals surface area contributed by atoms with Crippen LogP contribution in [-0.2, 0) is 11.2 Å². The molecule has 0 aromatic carbocycles. The van der Waals surface area contributed by atoms with Crippen LogP contribution in [0.4, 0.5) is 0 Å². The van der Waals surface area contributed by atoms with Crippen LogP contribution in [0, 0.1) is 0 Å². The van der Waals surface area contributed by atoms with Crippen LogP contribution < -0.4 is 0 Å². The zero-order chi connectivity index (χ0) is 10.4. The minimum absolute atomic E-state index is 0.0880. The van der Waals surface area contributed by atoms with Crippen molar-refractivity contribution >= 4 is 5.97 Å². The lowest BCUT2D eigenvalue weighted by atomic mass is 10.0. The molecule has 1 unspecified atom stereocenters. The van der Waals surface area contributed by atoms with Crippen molar-refractivity contribution in [3.8, 4) is 0 Å². The second kappa shape index (κ2) is 3.05. The predicted octanol–water partition coefficient (Wildman–Crippen LogP) is 1.12. The van der Waals surface area contributed by atoms with E-state index >= 15 is 0 Å². The van der Waals surface area contributed by atoms with Gasteiger partial charge in [0.05, 0.1) is 23.9 Å². The molecule has 0 amide bonds. The molecule has 5 heteroatoms. The summed E-state index contributed by atoms with van der Waals surface area (Å²) in [7, 11) is 0. The van der Waals surface area contributed by atoms with E-state index in [0.717, 1.165) is 18.5 Å². The SMILES string of the molecule is O=C(O)CC1CCc2c1nnn2C1CC1. The molecule has 1 aromatic heterocycles. The van der Waals surface area contributed by atoms with E-state index in [2.05, 4.69) is 10.3 Å². The number of carboxylic acids is 1. The molecule has 0 spiro atoms. The number of hydrogen-bond acceptors (Lipinski definition) is 3. The fourth-order valence-electron chi connectivity index (χ4n) is 2.36. The van der Waals surface area contributed by atoms with E-state index in [9.17, 15) is 4.79 Å². The summed E-state index contributed by atoms with van der Waals surface area (Å²) in [5.41, 5.74) is 2.12. The highest BCUT2D eigenvalue weighted by Crippen LogP contribution is 2.40. The average molecular weight is 207 g/mol. The third kappa shape index (κ3) is 1.42. The quantitative estimate of drug-likeness (QED) is 0.806. The maximum Gasteiger partial charge on any atom is 0.304 e. The van der Waals surface area contributed by atoms with Gasteiger partial charge >= 0.3 is 5.97 Å².